The number of rotatable bonds is 6. The van der Waals surface area contributed by atoms with Crippen molar-refractivity contribution in [2.24, 2.45) is 16.8 Å². The molecular formula is C19H35IN4O2. The molecular weight excluding hydrogens is 443 g/mol. The van der Waals surface area contributed by atoms with Crippen LogP contribution in [0.15, 0.2) is 4.99 Å². The Labute approximate surface area is 175 Å². The van der Waals surface area contributed by atoms with E-state index in [0.717, 1.165) is 24.3 Å². The molecule has 0 radical (unpaired) electrons. The van der Waals surface area contributed by atoms with Crippen molar-refractivity contribution < 1.29 is 9.59 Å². The Kier molecular flexibility index (Phi) is 10.5. The summed E-state index contributed by atoms with van der Waals surface area (Å²) in [5.41, 5.74) is 0. The third-order valence-electron chi connectivity index (χ3n) is 5.38. The van der Waals surface area contributed by atoms with E-state index in [1.165, 1.54) is 30.6 Å². The lowest BCUT2D eigenvalue weighted by Crippen LogP contribution is -2.46. The first kappa shape index (κ1) is 23.2. The summed E-state index contributed by atoms with van der Waals surface area (Å²) >= 11 is 0. The number of hydrogen-bond acceptors (Lipinski definition) is 3. The van der Waals surface area contributed by atoms with E-state index in [9.17, 15) is 9.59 Å². The Morgan fingerprint density at radius 1 is 1.15 bits per heavy atom. The van der Waals surface area contributed by atoms with E-state index in [2.05, 4.69) is 29.5 Å². The van der Waals surface area contributed by atoms with Crippen LogP contribution in [0, 0.1) is 11.8 Å². The van der Waals surface area contributed by atoms with Crippen molar-refractivity contribution in [2.45, 2.75) is 71.8 Å². The smallest absolute Gasteiger partial charge is 0.229 e. The Morgan fingerprint density at radius 2 is 1.77 bits per heavy atom. The summed E-state index contributed by atoms with van der Waals surface area (Å²) in [5.74, 6) is 2.29. The summed E-state index contributed by atoms with van der Waals surface area (Å²) in [7, 11) is 0. The number of imide groups is 1. The minimum absolute atomic E-state index is 0. The molecule has 150 valence electrons. The number of guanidine groups is 1. The lowest BCUT2D eigenvalue weighted by molar-refractivity contribution is -0.147. The number of hydrogen-bond donors (Lipinski definition) is 2. The largest absolute Gasteiger partial charge is 0.357 e. The van der Waals surface area contributed by atoms with Gasteiger partial charge in [0.15, 0.2) is 5.96 Å². The quantitative estimate of drug-likeness (QED) is 0.267. The Balaban J connectivity index is 0.00000338. The van der Waals surface area contributed by atoms with Crippen molar-refractivity contribution in [3.63, 3.8) is 0 Å². The second kappa shape index (κ2) is 11.8. The van der Waals surface area contributed by atoms with Crippen LogP contribution in [0.25, 0.3) is 0 Å². The van der Waals surface area contributed by atoms with Gasteiger partial charge < -0.3 is 10.6 Å². The van der Waals surface area contributed by atoms with Gasteiger partial charge >= 0.3 is 0 Å². The second-order valence-electron chi connectivity index (χ2n) is 7.55. The Morgan fingerprint density at radius 3 is 2.31 bits per heavy atom. The zero-order valence-electron chi connectivity index (χ0n) is 16.4. The molecule has 26 heavy (non-hydrogen) atoms. The summed E-state index contributed by atoms with van der Waals surface area (Å²) in [5, 5.41) is 6.80. The van der Waals surface area contributed by atoms with E-state index >= 15 is 0 Å². The van der Waals surface area contributed by atoms with Crippen molar-refractivity contribution in [2.75, 3.05) is 19.6 Å². The minimum Gasteiger partial charge on any atom is -0.357 e. The highest BCUT2D eigenvalue weighted by atomic mass is 127. The molecule has 0 spiro atoms. The highest BCUT2D eigenvalue weighted by Gasteiger charge is 2.26. The van der Waals surface area contributed by atoms with Gasteiger partial charge in [-0.15, -0.1) is 24.0 Å². The molecule has 1 heterocycles. The normalized spacial score (nSPS) is 24.5. The highest BCUT2D eigenvalue weighted by molar-refractivity contribution is 14.0. The fourth-order valence-electron chi connectivity index (χ4n) is 3.75. The van der Waals surface area contributed by atoms with Gasteiger partial charge in [-0.3, -0.25) is 19.5 Å². The van der Waals surface area contributed by atoms with Gasteiger partial charge in [0.1, 0.15) is 0 Å². The summed E-state index contributed by atoms with van der Waals surface area (Å²) < 4.78 is 0. The topological polar surface area (TPSA) is 73.8 Å². The van der Waals surface area contributed by atoms with Gasteiger partial charge in [-0.05, 0) is 50.9 Å². The molecule has 1 aliphatic heterocycles. The van der Waals surface area contributed by atoms with E-state index in [4.69, 9.17) is 0 Å². The molecule has 6 nitrogen and oxygen atoms in total. The zero-order valence-corrected chi connectivity index (χ0v) is 18.8. The molecule has 7 heteroatoms. The summed E-state index contributed by atoms with van der Waals surface area (Å²) in [4.78, 5) is 29.6. The monoisotopic (exact) mass is 478 g/mol. The third kappa shape index (κ3) is 7.04. The molecule has 0 aromatic rings. The van der Waals surface area contributed by atoms with Gasteiger partial charge in [0.25, 0.3) is 0 Å². The fraction of sp³-hybridized carbons (Fsp3) is 0.842. The van der Waals surface area contributed by atoms with Crippen LogP contribution in [0.3, 0.4) is 0 Å². The maximum absolute atomic E-state index is 11.8. The van der Waals surface area contributed by atoms with Crippen LogP contribution >= 0.6 is 24.0 Å². The van der Waals surface area contributed by atoms with Gasteiger partial charge in [0.05, 0.1) is 6.54 Å². The van der Waals surface area contributed by atoms with Crippen molar-refractivity contribution in [1.29, 1.82) is 0 Å². The van der Waals surface area contributed by atoms with Crippen molar-refractivity contribution >= 4 is 41.8 Å². The summed E-state index contributed by atoms with van der Waals surface area (Å²) in [6.45, 7) is 8.31. The molecule has 2 aliphatic rings. The van der Waals surface area contributed by atoms with Gasteiger partial charge in [-0.1, -0.05) is 13.8 Å². The lowest BCUT2D eigenvalue weighted by atomic mass is 9.80. The first-order valence-electron chi connectivity index (χ1n) is 9.89. The van der Waals surface area contributed by atoms with E-state index in [-0.39, 0.29) is 35.8 Å². The molecule has 2 amide bonds. The standard InChI is InChI=1S/C19H34N4O2.HI/c1-4-20-19(22-16-10-8-15(9-11-16)14(2)3)21-12-13-23-17(24)6-5-7-18(23)25;/h14-16H,4-13H2,1-3H3,(H2,20,21,22);1H. The van der Waals surface area contributed by atoms with E-state index < -0.39 is 0 Å². The molecule has 1 saturated heterocycles. The number of amides is 2. The average Bonchev–Trinajstić information content (AvgIpc) is 2.58. The van der Waals surface area contributed by atoms with E-state index in [0.29, 0.717) is 38.4 Å². The molecule has 0 atom stereocenters. The van der Waals surface area contributed by atoms with Crippen LogP contribution in [-0.2, 0) is 9.59 Å². The van der Waals surface area contributed by atoms with Gasteiger partial charge in [0.2, 0.25) is 11.8 Å². The molecule has 2 rings (SSSR count). The van der Waals surface area contributed by atoms with Gasteiger partial charge in [-0.2, -0.15) is 0 Å². The van der Waals surface area contributed by atoms with Crippen LogP contribution in [0.1, 0.15) is 65.7 Å². The zero-order chi connectivity index (χ0) is 18.2. The number of aliphatic imine (C=N–C) groups is 1. The minimum atomic E-state index is -0.0589. The molecule has 2 N–H and O–H groups in total. The molecule has 0 unspecified atom stereocenters. The number of nitrogens with one attached hydrogen (secondary N) is 2. The van der Waals surface area contributed by atoms with Gasteiger partial charge in [0, 0.05) is 32.0 Å². The van der Waals surface area contributed by atoms with Crippen LogP contribution in [0.2, 0.25) is 0 Å². The predicted octanol–water partition coefficient (Wildman–Crippen LogP) is 2.91. The highest BCUT2D eigenvalue weighted by Crippen LogP contribution is 2.29. The molecule has 0 bridgehead atoms. The van der Waals surface area contributed by atoms with Gasteiger partial charge in [-0.25, -0.2) is 0 Å². The maximum atomic E-state index is 11.8. The summed E-state index contributed by atoms with van der Waals surface area (Å²) in [6.07, 6.45) is 6.53. The van der Waals surface area contributed by atoms with E-state index in [1.807, 2.05) is 6.92 Å². The SMILES string of the molecule is CCNC(=NCCN1C(=O)CCCC1=O)NC1CCC(C(C)C)CC1.I. The fourth-order valence-corrected chi connectivity index (χ4v) is 3.75. The molecule has 0 aromatic heterocycles. The Bertz CT molecular complexity index is 472. The summed E-state index contributed by atoms with van der Waals surface area (Å²) in [6, 6.07) is 0.464. The maximum Gasteiger partial charge on any atom is 0.229 e. The number of halogens is 1. The molecule has 2 fully saturated rings. The van der Waals surface area contributed by atoms with Crippen LogP contribution in [0.4, 0.5) is 0 Å². The van der Waals surface area contributed by atoms with Crippen molar-refractivity contribution in [3.8, 4) is 0 Å². The van der Waals surface area contributed by atoms with Crippen molar-refractivity contribution in [3.05, 3.63) is 0 Å². The number of likely N-dealkylation sites (tertiary alicyclic amines) is 1. The number of carbonyl (C=O) groups is 2. The number of carbonyl (C=O) groups excluding carboxylic acids is 2. The van der Waals surface area contributed by atoms with Crippen molar-refractivity contribution in [1.82, 2.24) is 15.5 Å². The predicted molar refractivity (Wildman–Crippen MR) is 116 cm³/mol. The van der Waals surface area contributed by atoms with Crippen LogP contribution in [-0.4, -0.2) is 48.3 Å². The average molecular weight is 478 g/mol. The van der Waals surface area contributed by atoms with Crippen LogP contribution < -0.4 is 10.6 Å². The Hall–Kier alpha value is -0.860. The molecule has 1 aliphatic carbocycles. The number of nitrogens with zero attached hydrogens (tertiary/aromatic N) is 2. The first-order chi connectivity index (χ1) is 12.0. The van der Waals surface area contributed by atoms with E-state index in [1.54, 1.807) is 0 Å². The first-order valence-corrected chi connectivity index (χ1v) is 9.89. The van der Waals surface area contributed by atoms with Crippen LogP contribution in [0.5, 0.6) is 0 Å². The lowest BCUT2D eigenvalue weighted by Gasteiger charge is -2.32. The molecule has 0 aromatic carbocycles. The second-order valence-corrected chi connectivity index (χ2v) is 7.55. The third-order valence-corrected chi connectivity index (χ3v) is 5.38. The molecule has 1 saturated carbocycles. The number of piperidine rings is 1.